The number of hydrogen-bond acceptors (Lipinski definition) is 3. The van der Waals surface area contributed by atoms with Gasteiger partial charge in [-0.1, -0.05) is 0 Å². The van der Waals surface area contributed by atoms with E-state index in [0.717, 1.165) is 5.69 Å². The Balaban J connectivity index is 2.14. The summed E-state index contributed by atoms with van der Waals surface area (Å²) >= 11 is 0. The summed E-state index contributed by atoms with van der Waals surface area (Å²) in [6.45, 7) is 2.34. The van der Waals surface area contributed by atoms with Gasteiger partial charge in [0.25, 0.3) is 0 Å². The molecule has 5 heteroatoms. The van der Waals surface area contributed by atoms with Crippen LogP contribution >= 0.6 is 0 Å². The number of aromatic nitrogens is 2. The van der Waals surface area contributed by atoms with E-state index in [1.54, 1.807) is 4.68 Å². The maximum Gasteiger partial charge on any atom is 0.338 e. The standard InChI is InChI=1S/C10H10N2O3/c1-7-2-3-12(11-7)5-9-4-8(6-15-9)10(13)14/h2-4,6H,5H2,1H3,(H,13,14). The smallest absolute Gasteiger partial charge is 0.338 e. The lowest BCUT2D eigenvalue weighted by molar-refractivity contribution is 0.0696. The van der Waals surface area contributed by atoms with Crippen molar-refractivity contribution in [3.63, 3.8) is 0 Å². The van der Waals surface area contributed by atoms with Crippen LogP contribution in [0.2, 0.25) is 0 Å². The van der Waals surface area contributed by atoms with Gasteiger partial charge in [0.1, 0.15) is 12.0 Å². The molecule has 2 aromatic rings. The Morgan fingerprint density at radius 3 is 3.00 bits per heavy atom. The van der Waals surface area contributed by atoms with Gasteiger partial charge < -0.3 is 9.52 Å². The second-order valence-corrected chi connectivity index (χ2v) is 3.26. The molecule has 0 aliphatic rings. The first kappa shape index (κ1) is 9.51. The molecule has 0 aliphatic heterocycles. The van der Waals surface area contributed by atoms with Crippen molar-refractivity contribution in [3.8, 4) is 0 Å². The average molecular weight is 206 g/mol. The Kier molecular flexibility index (Phi) is 2.29. The monoisotopic (exact) mass is 206 g/mol. The number of rotatable bonds is 3. The predicted octanol–water partition coefficient (Wildman–Crippen LogP) is 1.53. The maximum atomic E-state index is 10.6. The van der Waals surface area contributed by atoms with Gasteiger partial charge in [-0.15, -0.1) is 0 Å². The Morgan fingerprint density at radius 1 is 1.67 bits per heavy atom. The van der Waals surface area contributed by atoms with Crippen LogP contribution in [0.5, 0.6) is 0 Å². The largest absolute Gasteiger partial charge is 0.478 e. The van der Waals surface area contributed by atoms with Crippen molar-refractivity contribution < 1.29 is 14.3 Å². The molecule has 0 radical (unpaired) electrons. The Bertz CT molecular complexity index is 484. The summed E-state index contributed by atoms with van der Waals surface area (Å²) in [4.78, 5) is 10.6. The fourth-order valence-electron chi connectivity index (χ4n) is 1.29. The Labute approximate surface area is 85.9 Å². The lowest BCUT2D eigenvalue weighted by atomic mass is 10.3. The van der Waals surface area contributed by atoms with Crippen LogP contribution in [0.1, 0.15) is 21.8 Å². The molecule has 0 spiro atoms. The predicted molar refractivity (Wildman–Crippen MR) is 51.7 cm³/mol. The van der Waals surface area contributed by atoms with E-state index in [4.69, 9.17) is 9.52 Å². The van der Waals surface area contributed by atoms with Gasteiger partial charge in [-0.25, -0.2) is 4.79 Å². The topological polar surface area (TPSA) is 68.3 Å². The second kappa shape index (κ2) is 3.61. The van der Waals surface area contributed by atoms with Gasteiger partial charge in [0.05, 0.1) is 17.8 Å². The van der Waals surface area contributed by atoms with E-state index in [2.05, 4.69) is 5.10 Å². The summed E-state index contributed by atoms with van der Waals surface area (Å²) in [6, 6.07) is 3.38. The van der Waals surface area contributed by atoms with E-state index >= 15 is 0 Å². The van der Waals surface area contributed by atoms with Gasteiger partial charge in [-0.2, -0.15) is 5.10 Å². The lowest BCUT2D eigenvalue weighted by Gasteiger charge is -1.95. The van der Waals surface area contributed by atoms with Crippen LogP contribution in [0.4, 0.5) is 0 Å². The molecule has 0 amide bonds. The van der Waals surface area contributed by atoms with Crippen LogP contribution in [0.3, 0.4) is 0 Å². The number of carboxylic acids is 1. The van der Waals surface area contributed by atoms with Gasteiger partial charge in [0.2, 0.25) is 0 Å². The van der Waals surface area contributed by atoms with Crippen molar-refractivity contribution >= 4 is 5.97 Å². The number of nitrogens with zero attached hydrogens (tertiary/aromatic N) is 2. The highest BCUT2D eigenvalue weighted by Gasteiger charge is 2.08. The molecule has 2 aromatic heterocycles. The highest BCUT2D eigenvalue weighted by atomic mass is 16.4. The maximum absolute atomic E-state index is 10.6. The molecular formula is C10H10N2O3. The minimum atomic E-state index is -0.985. The normalized spacial score (nSPS) is 10.5. The Morgan fingerprint density at radius 2 is 2.47 bits per heavy atom. The van der Waals surface area contributed by atoms with Crippen molar-refractivity contribution in [2.75, 3.05) is 0 Å². The summed E-state index contributed by atoms with van der Waals surface area (Å²) in [6.07, 6.45) is 3.05. The zero-order chi connectivity index (χ0) is 10.8. The minimum absolute atomic E-state index is 0.161. The molecule has 0 fully saturated rings. The van der Waals surface area contributed by atoms with E-state index in [-0.39, 0.29) is 5.56 Å². The number of aromatic carboxylic acids is 1. The van der Waals surface area contributed by atoms with Crippen LogP contribution < -0.4 is 0 Å². The van der Waals surface area contributed by atoms with Gasteiger partial charge in [0, 0.05) is 6.20 Å². The fourth-order valence-corrected chi connectivity index (χ4v) is 1.29. The lowest BCUT2D eigenvalue weighted by Crippen LogP contribution is -1.99. The summed E-state index contributed by atoms with van der Waals surface area (Å²) in [5.41, 5.74) is 1.08. The summed E-state index contributed by atoms with van der Waals surface area (Å²) in [5.74, 6) is -0.405. The first-order valence-electron chi connectivity index (χ1n) is 4.46. The van der Waals surface area contributed by atoms with Crippen LogP contribution in [0.25, 0.3) is 0 Å². The number of carbonyl (C=O) groups is 1. The first-order valence-corrected chi connectivity index (χ1v) is 4.46. The van der Waals surface area contributed by atoms with E-state index in [1.165, 1.54) is 12.3 Å². The van der Waals surface area contributed by atoms with E-state index in [0.29, 0.717) is 12.3 Å². The van der Waals surface area contributed by atoms with E-state index in [9.17, 15) is 4.79 Å². The molecule has 78 valence electrons. The molecule has 0 saturated carbocycles. The summed E-state index contributed by atoms with van der Waals surface area (Å²) in [7, 11) is 0. The van der Waals surface area contributed by atoms with E-state index in [1.807, 2.05) is 19.2 Å². The van der Waals surface area contributed by atoms with Crippen molar-refractivity contribution in [1.29, 1.82) is 0 Å². The molecule has 0 saturated heterocycles. The molecule has 0 aliphatic carbocycles. The van der Waals surface area contributed by atoms with Crippen molar-refractivity contribution in [2.24, 2.45) is 0 Å². The van der Waals surface area contributed by atoms with Crippen molar-refractivity contribution in [3.05, 3.63) is 41.6 Å². The molecule has 0 atom stereocenters. The summed E-state index contributed by atoms with van der Waals surface area (Å²) in [5, 5.41) is 12.9. The summed E-state index contributed by atoms with van der Waals surface area (Å²) < 4.78 is 6.79. The minimum Gasteiger partial charge on any atom is -0.478 e. The van der Waals surface area contributed by atoms with Gasteiger partial charge in [-0.05, 0) is 19.1 Å². The first-order chi connectivity index (χ1) is 7.15. The third kappa shape index (κ3) is 2.07. The van der Waals surface area contributed by atoms with Gasteiger partial charge in [-0.3, -0.25) is 4.68 Å². The van der Waals surface area contributed by atoms with Crippen molar-refractivity contribution in [2.45, 2.75) is 13.5 Å². The third-order valence-electron chi connectivity index (χ3n) is 1.99. The van der Waals surface area contributed by atoms with Gasteiger partial charge in [0.15, 0.2) is 0 Å². The highest BCUT2D eigenvalue weighted by molar-refractivity contribution is 5.87. The average Bonchev–Trinajstić information content (AvgIpc) is 2.76. The van der Waals surface area contributed by atoms with Gasteiger partial charge >= 0.3 is 5.97 Å². The molecule has 2 heterocycles. The molecule has 5 nitrogen and oxygen atoms in total. The Hall–Kier alpha value is -2.04. The van der Waals surface area contributed by atoms with Crippen LogP contribution in [0, 0.1) is 6.92 Å². The van der Waals surface area contributed by atoms with Crippen molar-refractivity contribution in [1.82, 2.24) is 9.78 Å². The molecule has 1 N–H and O–H groups in total. The fraction of sp³-hybridized carbons (Fsp3) is 0.200. The number of hydrogen-bond donors (Lipinski definition) is 1. The molecule has 15 heavy (non-hydrogen) atoms. The SMILES string of the molecule is Cc1ccn(Cc2cc(C(=O)O)co2)n1. The molecule has 0 bridgehead atoms. The molecule has 2 rings (SSSR count). The zero-order valence-corrected chi connectivity index (χ0v) is 8.17. The van der Waals surface area contributed by atoms with Crippen LogP contribution in [-0.2, 0) is 6.54 Å². The number of carboxylic acid groups (broad SMARTS) is 1. The second-order valence-electron chi connectivity index (χ2n) is 3.26. The molecule has 0 unspecified atom stereocenters. The third-order valence-corrected chi connectivity index (χ3v) is 1.99. The number of aryl methyl sites for hydroxylation is 1. The molecular weight excluding hydrogens is 196 g/mol. The highest BCUT2D eigenvalue weighted by Crippen LogP contribution is 2.09. The zero-order valence-electron chi connectivity index (χ0n) is 8.17. The van der Waals surface area contributed by atoms with Crippen LogP contribution in [0.15, 0.2) is 29.0 Å². The van der Waals surface area contributed by atoms with E-state index < -0.39 is 5.97 Å². The van der Waals surface area contributed by atoms with Crippen LogP contribution in [-0.4, -0.2) is 20.9 Å². The quantitative estimate of drug-likeness (QED) is 0.826. The molecule has 0 aromatic carbocycles. The number of furan rings is 1.